The lowest BCUT2D eigenvalue weighted by Gasteiger charge is -2.25. The fraction of sp³-hybridized carbons (Fsp3) is 0.529. The number of fused-ring (bicyclic) bond motifs is 1. The molecule has 2 unspecified atom stereocenters. The maximum absolute atomic E-state index is 12.4. The number of hydrogen-bond acceptors (Lipinski definition) is 4. The molecule has 0 bridgehead atoms. The highest BCUT2D eigenvalue weighted by Crippen LogP contribution is 2.40. The third-order valence-corrected chi connectivity index (χ3v) is 4.68. The van der Waals surface area contributed by atoms with Gasteiger partial charge in [0.15, 0.2) is 11.5 Å². The van der Waals surface area contributed by atoms with Crippen molar-refractivity contribution in [2.75, 3.05) is 5.32 Å². The summed E-state index contributed by atoms with van der Waals surface area (Å²) in [5.41, 5.74) is 8.35. The average Bonchev–Trinajstić information content (AvgIpc) is 3.27. The molecule has 2 aliphatic carbocycles. The Morgan fingerprint density at radius 3 is 2.83 bits per heavy atom. The third-order valence-electron chi connectivity index (χ3n) is 4.68. The van der Waals surface area contributed by atoms with Crippen LogP contribution in [0.1, 0.15) is 50.3 Å². The summed E-state index contributed by atoms with van der Waals surface area (Å²) in [6.45, 7) is 0. The standard InChI is InChI=1S/C17H21N3O2.ClH/c18-12-3-1-2-11(8-12)16(21)19-13-6-7-14-15(9-13)22-17(20-14)10-4-5-10;/h6-7,9-12H,1-5,8,18H2,(H,19,21);1H. The van der Waals surface area contributed by atoms with Crippen LogP contribution in [0.2, 0.25) is 0 Å². The summed E-state index contributed by atoms with van der Waals surface area (Å²) in [5.74, 6) is 1.42. The number of benzene rings is 1. The van der Waals surface area contributed by atoms with Crippen LogP contribution in [0.25, 0.3) is 11.1 Å². The van der Waals surface area contributed by atoms with Gasteiger partial charge in [0.1, 0.15) is 5.52 Å². The number of carbonyl (C=O) groups excluding carboxylic acids is 1. The highest BCUT2D eigenvalue weighted by Gasteiger charge is 2.29. The first-order valence-electron chi connectivity index (χ1n) is 8.16. The van der Waals surface area contributed by atoms with Gasteiger partial charge in [-0.2, -0.15) is 0 Å². The Bertz CT molecular complexity index is 711. The molecule has 23 heavy (non-hydrogen) atoms. The van der Waals surface area contributed by atoms with E-state index in [4.69, 9.17) is 10.2 Å². The highest BCUT2D eigenvalue weighted by molar-refractivity contribution is 5.94. The van der Waals surface area contributed by atoms with Gasteiger partial charge >= 0.3 is 0 Å². The maximum atomic E-state index is 12.4. The molecule has 1 aromatic carbocycles. The average molecular weight is 336 g/mol. The first-order chi connectivity index (χ1) is 10.7. The van der Waals surface area contributed by atoms with Crippen LogP contribution in [0.15, 0.2) is 22.6 Å². The number of hydrogen-bond donors (Lipinski definition) is 2. The van der Waals surface area contributed by atoms with E-state index in [2.05, 4.69) is 10.3 Å². The minimum absolute atomic E-state index is 0. The molecule has 2 atom stereocenters. The molecule has 6 heteroatoms. The van der Waals surface area contributed by atoms with Crippen LogP contribution in [0.4, 0.5) is 5.69 Å². The van der Waals surface area contributed by atoms with Gasteiger partial charge < -0.3 is 15.5 Å². The molecule has 2 fully saturated rings. The molecule has 0 aliphatic heterocycles. The quantitative estimate of drug-likeness (QED) is 0.898. The Labute approximate surface area is 141 Å². The summed E-state index contributed by atoms with van der Waals surface area (Å²) >= 11 is 0. The van der Waals surface area contributed by atoms with E-state index in [0.717, 1.165) is 48.4 Å². The Kier molecular flexibility index (Phi) is 4.60. The van der Waals surface area contributed by atoms with E-state index in [9.17, 15) is 4.79 Å². The third kappa shape index (κ3) is 3.51. The molecule has 2 aromatic rings. The lowest BCUT2D eigenvalue weighted by molar-refractivity contribution is -0.120. The first kappa shape index (κ1) is 16.3. The number of oxazole rings is 1. The number of nitrogens with zero attached hydrogens (tertiary/aromatic N) is 1. The van der Waals surface area contributed by atoms with Crippen molar-refractivity contribution in [3.05, 3.63) is 24.1 Å². The van der Waals surface area contributed by atoms with Crippen LogP contribution in [-0.4, -0.2) is 16.9 Å². The monoisotopic (exact) mass is 335 g/mol. The van der Waals surface area contributed by atoms with Crippen LogP contribution in [0.5, 0.6) is 0 Å². The first-order valence-corrected chi connectivity index (χ1v) is 8.16. The molecule has 0 spiro atoms. The van der Waals surface area contributed by atoms with Crippen LogP contribution in [0.3, 0.4) is 0 Å². The van der Waals surface area contributed by atoms with Gasteiger partial charge in [-0.15, -0.1) is 12.4 Å². The molecule has 1 heterocycles. The summed E-state index contributed by atoms with van der Waals surface area (Å²) in [7, 11) is 0. The van der Waals surface area contributed by atoms with Crippen LogP contribution in [0, 0.1) is 5.92 Å². The number of anilines is 1. The molecule has 1 aromatic heterocycles. The fourth-order valence-electron chi connectivity index (χ4n) is 3.24. The zero-order chi connectivity index (χ0) is 15.1. The maximum Gasteiger partial charge on any atom is 0.227 e. The van der Waals surface area contributed by atoms with E-state index in [1.165, 1.54) is 12.8 Å². The highest BCUT2D eigenvalue weighted by atomic mass is 35.5. The van der Waals surface area contributed by atoms with Gasteiger partial charge in [0.25, 0.3) is 0 Å². The second-order valence-corrected chi connectivity index (χ2v) is 6.62. The van der Waals surface area contributed by atoms with Crippen molar-refractivity contribution in [3.63, 3.8) is 0 Å². The van der Waals surface area contributed by atoms with Crippen molar-refractivity contribution in [3.8, 4) is 0 Å². The Morgan fingerprint density at radius 1 is 1.26 bits per heavy atom. The van der Waals surface area contributed by atoms with E-state index >= 15 is 0 Å². The van der Waals surface area contributed by atoms with Crippen molar-refractivity contribution in [1.29, 1.82) is 0 Å². The normalized spacial score (nSPS) is 24.2. The van der Waals surface area contributed by atoms with Gasteiger partial charge in [-0.3, -0.25) is 4.79 Å². The van der Waals surface area contributed by atoms with Crippen LogP contribution in [-0.2, 0) is 4.79 Å². The summed E-state index contributed by atoms with van der Waals surface area (Å²) < 4.78 is 5.79. The molecule has 3 N–H and O–H groups in total. The number of aromatic nitrogens is 1. The minimum atomic E-state index is 0. The van der Waals surface area contributed by atoms with Crippen LogP contribution >= 0.6 is 12.4 Å². The van der Waals surface area contributed by atoms with Gasteiger partial charge in [-0.25, -0.2) is 4.98 Å². The second kappa shape index (κ2) is 6.49. The number of nitrogens with two attached hydrogens (primary N) is 1. The molecular weight excluding hydrogens is 314 g/mol. The predicted molar refractivity (Wildman–Crippen MR) is 91.8 cm³/mol. The van der Waals surface area contributed by atoms with E-state index in [0.29, 0.717) is 5.92 Å². The zero-order valence-corrected chi connectivity index (χ0v) is 13.8. The summed E-state index contributed by atoms with van der Waals surface area (Å²) in [6.07, 6.45) is 6.09. The van der Waals surface area contributed by atoms with E-state index in [1.54, 1.807) is 0 Å². The molecule has 2 saturated carbocycles. The van der Waals surface area contributed by atoms with Gasteiger partial charge in [-0.05, 0) is 44.2 Å². The molecule has 1 amide bonds. The number of rotatable bonds is 3. The SMILES string of the molecule is Cl.NC1CCCC(C(=O)Nc2ccc3nc(C4CC4)oc3c2)C1. The number of halogens is 1. The van der Waals surface area contributed by atoms with Crippen molar-refractivity contribution >= 4 is 35.1 Å². The van der Waals surface area contributed by atoms with Gasteiger partial charge in [0, 0.05) is 29.6 Å². The topological polar surface area (TPSA) is 81.2 Å². The molecule has 5 nitrogen and oxygen atoms in total. The summed E-state index contributed by atoms with van der Waals surface area (Å²) in [4.78, 5) is 16.9. The molecule has 4 rings (SSSR count). The molecule has 2 aliphatic rings. The lowest BCUT2D eigenvalue weighted by atomic mass is 9.85. The molecule has 0 saturated heterocycles. The van der Waals surface area contributed by atoms with Gasteiger partial charge in [0.2, 0.25) is 5.91 Å². The summed E-state index contributed by atoms with van der Waals surface area (Å²) in [5, 5.41) is 3.00. The van der Waals surface area contributed by atoms with Crippen molar-refractivity contribution in [2.24, 2.45) is 11.7 Å². The Balaban J connectivity index is 0.00000156. The molecule has 124 valence electrons. The second-order valence-electron chi connectivity index (χ2n) is 6.62. The smallest absolute Gasteiger partial charge is 0.227 e. The fourth-order valence-corrected chi connectivity index (χ4v) is 3.24. The van der Waals surface area contributed by atoms with Gasteiger partial charge in [0.05, 0.1) is 0 Å². The van der Waals surface area contributed by atoms with Crippen molar-refractivity contribution < 1.29 is 9.21 Å². The number of amides is 1. The van der Waals surface area contributed by atoms with Crippen LogP contribution < -0.4 is 11.1 Å². The Hall–Kier alpha value is -1.59. The van der Waals surface area contributed by atoms with E-state index < -0.39 is 0 Å². The molecule has 0 radical (unpaired) electrons. The lowest BCUT2D eigenvalue weighted by Crippen LogP contribution is -2.34. The predicted octanol–water partition coefficient (Wildman–Crippen LogP) is 3.58. The number of carbonyl (C=O) groups is 1. The van der Waals surface area contributed by atoms with Gasteiger partial charge in [-0.1, -0.05) is 6.42 Å². The minimum Gasteiger partial charge on any atom is -0.440 e. The largest absolute Gasteiger partial charge is 0.440 e. The Morgan fingerprint density at radius 2 is 2.09 bits per heavy atom. The van der Waals surface area contributed by atoms with Crippen molar-refractivity contribution in [1.82, 2.24) is 4.98 Å². The van der Waals surface area contributed by atoms with Crippen molar-refractivity contribution in [2.45, 2.75) is 50.5 Å². The zero-order valence-electron chi connectivity index (χ0n) is 13.0. The summed E-state index contributed by atoms with van der Waals surface area (Å²) in [6, 6.07) is 5.83. The van der Waals surface area contributed by atoms with E-state index in [-0.39, 0.29) is 30.3 Å². The van der Waals surface area contributed by atoms with E-state index in [1.807, 2.05) is 18.2 Å². The number of nitrogens with one attached hydrogen (secondary N) is 1. The molecular formula is C17H22ClN3O2.